The maximum atomic E-state index is 12.4. The fraction of sp³-hybridized carbons (Fsp3) is 0.316. The molecule has 6 nitrogen and oxygen atoms in total. The van der Waals surface area contributed by atoms with Crippen LogP contribution in [0.3, 0.4) is 0 Å². The van der Waals surface area contributed by atoms with Gasteiger partial charge in [0.25, 0.3) is 6.01 Å². The predicted molar refractivity (Wildman–Crippen MR) is 102 cm³/mol. The van der Waals surface area contributed by atoms with Crippen molar-refractivity contribution in [2.75, 3.05) is 0 Å². The molecule has 1 heterocycles. The first-order chi connectivity index (χ1) is 13.3. The number of aromatic amines is 1. The van der Waals surface area contributed by atoms with Crippen LogP contribution in [-0.4, -0.2) is 29.5 Å². The van der Waals surface area contributed by atoms with Crippen molar-refractivity contribution < 1.29 is 31.1 Å². The zero-order valence-corrected chi connectivity index (χ0v) is 16.7. The molecule has 0 spiro atoms. The minimum Gasteiger partial charge on any atom is -0.425 e. The molecular weight excluding hydrogens is 409 g/mol. The van der Waals surface area contributed by atoms with Crippen molar-refractivity contribution >= 4 is 20.9 Å². The minimum atomic E-state index is -4.80. The van der Waals surface area contributed by atoms with E-state index < -0.39 is 26.7 Å². The summed E-state index contributed by atoms with van der Waals surface area (Å²) in [6.07, 6.45) is -4.80. The maximum absolute atomic E-state index is 12.4. The van der Waals surface area contributed by atoms with Gasteiger partial charge in [-0.2, -0.15) is 4.98 Å². The number of H-pyrrole nitrogens is 1. The lowest BCUT2D eigenvalue weighted by Gasteiger charge is -2.19. The highest BCUT2D eigenvalue weighted by Crippen LogP contribution is 2.29. The number of hydrogen-bond donors (Lipinski definition) is 1. The summed E-state index contributed by atoms with van der Waals surface area (Å²) in [5, 5.41) is 0. The number of sulfone groups is 1. The number of benzene rings is 2. The van der Waals surface area contributed by atoms with E-state index in [0.29, 0.717) is 16.6 Å². The summed E-state index contributed by atoms with van der Waals surface area (Å²) in [4.78, 5) is 7.09. The second kappa shape index (κ2) is 7.25. The molecule has 1 aromatic heterocycles. The Balaban J connectivity index is 1.81. The zero-order chi connectivity index (χ0) is 21.4. The molecule has 3 aromatic rings. The first kappa shape index (κ1) is 21.0. The summed E-state index contributed by atoms with van der Waals surface area (Å²) in [6.45, 7) is 4.92. The number of nitrogens with one attached hydrogen (secondary N) is 1. The van der Waals surface area contributed by atoms with Crippen molar-refractivity contribution in [1.82, 2.24) is 9.97 Å². The molecule has 0 atom stereocenters. The Hall–Kier alpha value is -2.75. The second-order valence-corrected chi connectivity index (χ2v) is 10.1. The Labute approximate surface area is 165 Å². The minimum absolute atomic E-state index is 0.0555. The Morgan fingerprint density at radius 2 is 1.72 bits per heavy atom. The summed E-state index contributed by atoms with van der Waals surface area (Å²) in [7, 11) is -3.35. The van der Waals surface area contributed by atoms with Gasteiger partial charge in [0.1, 0.15) is 11.5 Å². The molecule has 0 saturated heterocycles. The smallest absolute Gasteiger partial charge is 0.425 e. The van der Waals surface area contributed by atoms with Crippen molar-refractivity contribution in [2.24, 2.45) is 0 Å². The average molecular weight is 428 g/mol. The van der Waals surface area contributed by atoms with Gasteiger partial charge in [0.05, 0.1) is 21.5 Å². The maximum Gasteiger partial charge on any atom is 0.573 e. The van der Waals surface area contributed by atoms with Crippen LogP contribution in [0, 0.1) is 0 Å². The molecule has 0 radical (unpaired) electrons. The predicted octanol–water partition coefficient (Wildman–Crippen LogP) is 4.97. The highest BCUT2D eigenvalue weighted by atomic mass is 32.2. The van der Waals surface area contributed by atoms with Gasteiger partial charge in [-0.05, 0) is 50.6 Å². The fourth-order valence-electron chi connectivity index (χ4n) is 2.45. The van der Waals surface area contributed by atoms with Crippen LogP contribution >= 0.6 is 0 Å². The second-order valence-electron chi connectivity index (χ2n) is 7.39. The van der Waals surface area contributed by atoms with Gasteiger partial charge < -0.3 is 14.5 Å². The largest absolute Gasteiger partial charge is 0.573 e. The summed E-state index contributed by atoms with van der Waals surface area (Å²) >= 11 is 0. The summed E-state index contributed by atoms with van der Waals surface area (Å²) < 4.78 is 70.3. The van der Waals surface area contributed by atoms with Crippen molar-refractivity contribution in [3.63, 3.8) is 0 Å². The van der Waals surface area contributed by atoms with E-state index in [2.05, 4.69) is 14.7 Å². The van der Waals surface area contributed by atoms with Crippen LogP contribution in [0.15, 0.2) is 42.5 Å². The molecule has 29 heavy (non-hydrogen) atoms. The lowest BCUT2D eigenvalue weighted by molar-refractivity contribution is -0.274. The van der Waals surface area contributed by atoms with E-state index in [-0.39, 0.29) is 17.5 Å². The number of ether oxygens (including phenoxy) is 2. The molecule has 0 fully saturated rings. The van der Waals surface area contributed by atoms with E-state index in [4.69, 9.17) is 4.74 Å². The van der Waals surface area contributed by atoms with Gasteiger partial charge in [0.2, 0.25) is 0 Å². The third-order valence-electron chi connectivity index (χ3n) is 4.07. The van der Waals surface area contributed by atoms with Gasteiger partial charge in [0.15, 0.2) is 9.84 Å². The standard InChI is InChI=1S/C19H19F3N2O4S/c1-18(2,3)29(25,26)11-12-7-8-15-16(9-12)24-17(23-15)27-13-5-4-6-14(10-13)28-19(20,21)22/h4-10H,11H2,1-3H3,(H,23,24). The van der Waals surface area contributed by atoms with Crippen LogP contribution in [0.4, 0.5) is 13.2 Å². The van der Waals surface area contributed by atoms with Crippen LogP contribution in [0.25, 0.3) is 11.0 Å². The molecule has 0 amide bonds. The van der Waals surface area contributed by atoms with Gasteiger partial charge in [-0.25, -0.2) is 8.42 Å². The average Bonchev–Trinajstić information content (AvgIpc) is 2.93. The molecule has 0 saturated carbocycles. The van der Waals surface area contributed by atoms with E-state index in [0.717, 1.165) is 12.1 Å². The van der Waals surface area contributed by atoms with E-state index in [9.17, 15) is 21.6 Å². The number of aromatic nitrogens is 2. The molecule has 156 valence electrons. The van der Waals surface area contributed by atoms with Crippen LogP contribution in [0.1, 0.15) is 26.3 Å². The summed E-state index contributed by atoms with van der Waals surface area (Å²) in [5.74, 6) is -0.444. The van der Waals surface area contributed by atoms with Gasteiger partial charge in [0, 0.05) is 6.07 Å². The van der Waals surface area contributed by atoms with Crippen molar-refractivity contribution in [3.8, 4) is 17.5 Å². The fourth-order valence-corrected chi connectivity index (χ4v) is 3.51. The Bertz CT molecular complexity index is 1130. The quantitative estimate of drug-likeness (QED) is 0.621. The van der Waals surface area contributed by atoms with Gasteiger partial charge in [-0.1, -0.05) is 12.1 Å². The highest BCUT2D eigenvalue weighted by Gasteiger charge is 2.31. The molecule has 3 rings (SSSR count). The van der Waals surface area contributed by atoms with Crippen LogP contribution in [0.5, 0.6) is 17.5 Å². The van der Waals surface area contributed by atoms with Crippen LogP contribution in [-0.2, 0) is 15.6 Å². The van der Waals surface area contributed by atoms with Gasteiger partial charge in [-0.15, -0.1) is 13.2 Å². The molecular formula is C19H19F3N2O4S. The third-order valence-corrected chi connectivity index (χ3v) is 6.65. The number of halogens is 3. The van der Waals surface area contributed by atoms with E-state index in [1.165, 1.54) is 12.1 Å². The normalized spacial score (nSPS) is 12.9. The van der Waals surface area contributed by atoms with Crippen molar-refractivity contribution in [2.45, 2.75) is 37.6 Å². The lowest BCUT2D eigenvalue weighted by atomic mass is 10.2. The molecule has 0 bridgehead atoms. The topological polar surface area (TPSA) is 81.3 Å². The molecule has 0 unspecified atom stereocenters. The first-order valence-electron chi connectivity index (χ1n) is 8.57. The van der Waals surface area contributed by atoms with E-state index in [1.54, 1.807) is 39.0 Å². The third kappa shape index (κ3) is 5.20. The van der Waals surface area contributed by atoms with E-state index >= 15 is 0 Å². The van der Waals surface area contributed by atoms with Gasteiger partial charge in [-0.3, -0.25) is 0 Å². The van der Waals surface area contributed by atoms with Crippen molar-refractivity contribution in [1.29, 1.82) is 0 Å². The monoisotopic (exact) mass is 428 g/mol. The molecule has 1 N–H and O–H groups in total. The number of hydrogen-bond acceptors (Lipinski definition) is 5. The van der Waals surface area contributed by atoms with Crippen LogP contribution in [0.2, 0.25) is 0 Å². The summed E-state index contributed by atoms with van der Waals surface area (Å²) in [5.41, 5.74) is 1.66. The van der Waals surface area contributed by atoms with E-state index in [1.807, 2.05) is 0 Å². The number of nitrogens with zero attached hydrogens (tertiary/aromatic N) is 1. The Morgan fingerprint density at radius 3 is 2.38 bits per heavy atom. The summed E-state index contributed by atoms with van der Waals surface area (Å²) in [6, 6.07) is 10.1. The number of rotatable bonds is 5. The number of fused-ring (bicyclic) bond motifs is 1. The number of alkyl halides is 3. The SMILES string of the molecule is CC(C)(C)S(=O)(=O)Cc1ccc2nc(Oc3cccc(OC(F)(F)F)c3)[nH]c2c1. The Kier molecular flexibility index (Phi) is 5.24. The molecule has 10 heteroatoms. The first-order valence-corrected chi connectivity index (χ1v) is 10.2. The highest BCUT2D eigenvalue weighted by molar-refractivity contribution is 7.91. The van der Waals surface area contributed by atoms with Gasteiger partial charge >= 0.3 is 6.36 Å². The zero-order valence-electron chi connectivity index (χ0n) is 15.9. The number of imidazole rings is 1. The molecule has 0 aliphatic rings. The van der Waals surface area contributed by atoms with Crippen molar-refractivity contribution in [3.05, 3.63) is 48.0 Å². The molecule has 0 aliphatic carbocycles. The Morgan fingerprint density at radius 1 is 1.03 bits per heavy atom. The lowest BCUT2D eigenvalue weighted by Crippen LogP contribution is -2.29. The van der Waals surface area contributed by atoms with Crippen LogP contribution < -0.4 is 9.47 Å². The molecule has 2 aromatic carbocycles. The molecule has 0 aliphatic heterocycles.